The molecule has 0 saturated heterocycles. The van der Waals surface area contributed by atoms with Crippen LogP contribution in [0.25, 0.3) is 0 Å². The van der Waals surface area contributed by atoms with Gasteiger partial charge in [0, 0.05) is 12.2 Å². The molecule has 2 aromatic rings. The molecule has 0 aliphatic heterocycles. The van der Waals surface area contributed by atoms with Gasteiger partial charge in [0.2, 0.25) is 5.95 Å². The maximum atomic E-state index is 13.0. The molecule has 2 N–H and O–H groups in total. The van der Waals surface area contributed by atoms with E-state index in [2.05, 4.69) is 15.3 Å². The van der Waals surface area contributed by atoms with Crippen LogP contribution < -0.4 is 5.32 Å². The first kappa shape index (κ1) is 13.9. The van der Waals surface area contributed by atoms with Gasteiger partial charge in [0.25, 0.3) is 0 Å². The number of carboxylic acid groups (broad SMARTS) is 1. The highest BCUT2D eigenvalue weighted by Crippen LogP contribution is 2.07. The third-order valence-corrected chi connectivity index (χ3v) is 2.66. The predicted molar refractivity (Wildman–Crippen MR) is 72.3 cm³/mol. The van der Waals surface area contributed by atoms with Crippen molar-refractivity contribution in [2.24, 2.45) is 0 Å². The zero-order chi connectivity index (χ0) is 14.5. The van der Waals surface area contributed by atoms with Gasteiger partial charge >= 0.3 is 5.97 Å². The lowest BCUT2D eigenvalue weighted by atomic mass is 10.1. The minimum absolute atomic E-state index is 0.0502. The molecule has 0 unspecified atom stereocenters. The Kier molecular flexibility index (Phi) is 4.24. The molecular formula is C14H14FN3O2. The summed E-state index contributed by atoms with van der Waals surface area (Å²) in [6.07, 6.45) is 0.595. The van der Waals surface area contributed by atoms with Crippen LogP contribution in [0, 0.1) is 12.7 Å². The second kappa shape index (κ2) is 6.10. The Morgan fingerprint density at radius 3 is 2.85 bits per heavy atom. The molecule has 0 aliphatic rings. The van der Waals surface area contributed by atoms with E-state index in [-0.39, 0.29) is 17.5 Å². The number of hydrogen-bond acceptors (Lipinski definition) is 4. The van der Waals surface area contributed by atoms with Crippen LogP contribution in [0.2, 0.25) is 0 Å². The van der Waals surface area contributed by atoms with E-state index in [4.69, 9.17) is 5.11 Å². The van der Waals surface area contributed by atoms with Crippen molar-refractivity contribution in [3.63, 3.8) is 0 Å². The normalized spacial score (nSPS) is 10.3. The first-order valence-electron chi connectivity index (χ1n) is 6.12. The molecule has 104 valence electrons. The lowest BCUT2D eigenvalue weighted by molar-refractivity contribution is 0.0690. The molecule has 0 aliphatic carbocycles. The number of nitrogens with one attached hydrogen (secondary N) is 1. The minimum Gasteiger partial charge on any atom is -0.477 e. The number of aromatic carboxylic acids is 1. The molecule has 6 heteroatoms. The highest BCUT2D eigenvalue weighted by atomic mass is 19.1. The standard InChI is InChI=1S/C14H14FN3O2/c1-9-7-12(13(19)20)18-14(17-9)16-6-5-10-3-2-4-11(15)8-10/h2-4,7-8H,5-6H2,1H3,(H,19,20)(H,16,17,18). The van der Waals surface area contributed by atoms with Crippen molar-refractivity contribution in [1.82, 2.24) is 9.97 Å². The lowest BCUT2D eigenvalue weighted by Crippen LogP contribution is -2.11. The number of aromatic nitrogens is 2. The van der Waals surface area contributed by atoms with Gasteiger partial charge in [0.1, 0.15) is 5.82 Å². The van der Waals surface area contributed by atoms with E-state index in [9.17, 15) is 9.18 Å². The average molecular weight is 275 g/mol. The summed E-state index contributed by atoms with van der Waals surface area (Å²) in [7, 11) is 0. The van der Waals surface area contributed by atoms with Crippen LogP contribution >= 0.6 is 0 Å². The summed E-state index contributed by atoms with van der Waals surface area (Å²) in [5.41, 5.74) is 1.38. The van der Waals surface area contributed by atoms with Gasteiger partial charge in [-0.15, -0.1) is 0 Å². The number of carboxylic acids is 1. The average Bonchev–Trinajstić information content (AvgIpc) is 2.38. The second-order valence-corrected chi connectivity index (χ2v) is 4.33. The van der Waals surface area contributed by atoms with Crippen LogP contribution in [-0.2, 0) is 6.42 Å². The van der Waals surface area contributed by atoms with Crippen molar-refractivity contribution in [2.45, 2.75) is 13.3 Å². The number of anilines is 1. The van der Waals surface area contributed by atoms with E-state index in [0.717, 1.165) is 5.56 Å². The topological polar surface area (TPSA) is 75.1 Å². The molecule has 1 aromatic heterocycles. The second-order valence-electron chi connectivity index (χ2n) is 4.33. The summed E-state index contributed by atoms with van der Waals surface area (Å²) in [6.45, 7) is 2.19. The first-order valence-corrected chi connectivity index (χ1v) is 6.12. The van der Waals surface area contributed by atoms with Crippen molar-refractivity contribution in [1.29, 1.82) is 0 Å². The zero-order valence-corrected chi connectivity index (χ0v) is 10.9. The van der Waals surface area contributed by atoms with E-state index in [1.54, 1.807) is 13.0 Å². The van der Waals surface area contributed by atoms with Gasteiger partial charge in [-0.2, -0.15) is 0 Å². The maximum Gasteiger partial charge on any atom is 0.354 e. The fourth-order valence-electron chi connectivity index (χ4n) is 1.77. The van der Waals surface area contributed by atoms with Crippen LogP contribution in [0.1, 0.15) is 21.7 Å². The number of nitrogens with zero attached hydrogens (tertiary/aromatic N) is 2. The predicted octanol–water partition coefficient (Wildman–Crippen LogP) is 2.28. The number of carbonyl (C=O) groups is 1. The van der Waals surface area contributed by atoms with Gasteiger partial charge in [-0.1, -0.05) is 12.1 Å². The minimum atomic E-state index is -1.09. The Morgan fingerprint density at radius 1 is 1.35 bits per heavy atom. The van der Waals surface area contributed by atoms with Crippen LogP contribution in [0.15, 0.2) is 30.3 Å². The molecule has 0 fully saturated rings. The summed E-state index contributed by atoms with van der Waals surface area (Å²) < 4.78 is 13.0. The quantitative estimate of drug-likeness (QED) is 0.875. The Balaban J connectivity index is 1.99. The summed E-state index contributed by atoms with van der Waals surface area (Å²) in [5, 5.41) is 11.8. The smallest absolute Gasteiger partial charge is 0.354 e. The molecule has 0 atom stereocenters. The van der Waals surface area contributed by atoms with E-state index < -0.39 is 5.97 Å². The van der Waals surface area contributed by atoms with Crippen LogP contribution in [-0.4, -0.2) is 27.6 Å². The van der Waals surface area contributed by atoms with Crippen molar-refractivity contribution in [3.8, 4) is 0 Å². The molecule has 5 nitrogen and oxygen atoms in total. The molecule has 2 rings (SSSR count). The molecule has 0 amide bonds. The Bertz CT molecular complexity index is 632. The van der Waals surface area contributed by atoms with Crippen molar-refractivity contribution >= 4 is 11.9 Å². The van der Waals surface area contributed by atoms with Crippen molar-refractivity contribution in [2.75, 3.05) is 11.9 Å². The molecule has 20 heavy (non-hydrogen) atoms. The number of hydrogen-bond donors (Lipinski definition) is 2. The fraction of sp³-hybridized carbons (Fsp3) is 0.214. The maximum absolute atomic E-state index is 13.0. The fourth-order valence-corrected chi connectivity index (χ4v) is 1.77. The van der Waals surface area contributed by atoms with Crippen LogP contribution in [0.4, 0.5) is 10.3 Å². The monoisotopic (exact) mass is 275 g/mol. The lowest BCUT2D eigenvalue weighted by Gasteiger charge is -2.06. The Hall–Kier alpha value is -2.50. The summed E-state index contributed by atoms with van der Waals surface area (Å²) in [6, 6.07) is 7.72. The van der Waals surface area contributed by atoms with Gasteiger partial charge in [-0.05, 0) is 37.1 Å². The van der Waals surface area contributed by atoms with Gasteiger partial charge < -0.3 is 10.4 Å². The van der Waals surface area contributed by atoms with Crippen LogP contribution in [0.3, 0.4) is 0 Å². The van der Waals surface area contributed by atoms with Gasteiger partial charge in [0.05, 0.1) is 0 Å². The molecular weight excluding hydrogens is 261 g/mol. The van der Waals surface area contributed by atoms with E-state index in [1.807, 2.05) is 6.07 Å². The highest BCUT2D eigenvalue weighted by molar-refractivity contribution is 5.85. The van der Waals surface area contributed by atoms with E-state index >= 15 is 0 Å². The molecule has 1 aromatic carbocycles. The molecule has 0 bridgehead atoms. The zero-order valence-electron chi connectivity index (χ0n) is 10.9. The van der Waals surface area contributed by atoms with E-state index in [1.165, 1.54) is 18.2 Å². The third kappa shape index (κ3) is 3.74. The van der Waals surface area contributed by atoms with Gasteiger partial charge in [-0.3, -0.25) is 0 Å². The molecule has 0 saturated carbocycles. The SMILES string of the molecule is Cc1cc(C(=O)O)nc(NCCc2cccc(F)c2)n1. The van der Waals surface area contributed by atoms with Crippen LogP contribution in [0.5, 0.6) is 0 Å². The Morgan fingerprint density at radius 2 is 2.15 bits per heavy atom. The number of halogens is 1. The number of aryl methyl sites for hydroxylation is 1. The third-order valence-electron chi connectivity index (χ3n) is 2.66. The van der Waals surface area contributed by atoms with Gasteiger partial charge in [0.15, 0.2) is 5.69 Å². The highest BCUT2D eigenvalue weighted by Gasteiger charge is 2.08. The summed E-state index contributed by atoms with van der Waals surface area (Å²) in [5.74, 6) is -1.11. The molecule has 1 heterocycles. The van der Waals surface area contributed by atoms with Gasteiger partial charge in [-0.25, -0.2) is 19.2 Å². The largest absolute Gasteiger partial charge is 0.477 e. The van der Waals surface area contributed by atoms with Crippen molar-refractivity contribution < 1.29 is 14.3 Å². The Labute approximate surface area is 115 Å². The summed E-state index contributed by atoms with van der Waals surface area (Å²) in [4.78, 5) is 18.9. The van der Waals surface area contributed by atoms with Crippen molar-refractivity contribution in [3.05, 3.63) is 53.1 Å². The molecule has 0 radical (unpaired) electrons. The summed E-state index contributed by atoms with van der Waals surface area (Å²) >= 11 is 0. The van der Waals surface area contributed by atoms with E-state index in [0.29, 0.717) is 18.7 Å². The molecule has 0 spiro atoms. The number of rotatable bonds is 5. The first-order chi connectivity index (χ1) is 9.54. The number of benzene rings is 1.